The lowest BCUT2D eigenvalue weighted by atomic mass is 10.1. The van der Waals surface area contributed by atoms with Crippen LogP contribution in [-0.2, 0) is 6.61 Å². The number of benzene rings is 2. The fourth-order valence-corrected chi connectivity index (χ4v) is 2.79. The number of hydrogen-bond donors (Lipinski definition) is 2. The minimum Gasteiger partial charge on any atom is -0.489 e. The molecule has 0 aliphatic heterocycles. The second kappa shape index (κ2) is 7.48. The van der Waals surface area contributed by atoms with E-state index < -0.39 is 0 Å². The van der Waals surface area contributed by atoms with Gasteiger partial charge in [-0.2, -0.15) is 10.2 Å². The van der Waals surface area contributed by atoms with Gasteiger partial charge in [-0.05, 0) is 36.4 Å². The number of nitrogens with two attached hydrogens (primary N) is 2. The highest BCUT2D eigenvalue weighted by atomic mass is 35.5. The Bertz CT molecular complexity index is 1000. The molecule has 4 N–H and O–H groups in total. The molecule has 3 aromatic rings. The molecule has 8 heteroatoms. The van der Waals surface area contributed by atoms with Gasteiger partial charge in [0.2, 0.25) is 5.95 Å². The quantitative estimate of drug-likeness (QED) is 0.699. The van der Waals surface area contributed by atoms with Gasteiger partial charge in [0.05, 0.1) is 5.69 Å². The van der Waals surface area contributed by atoms with Crippen molar-refractivity contribution in [3.8, 4) is 23.1 Å². The summed E-state index contributed by atoms with van der Waals surface area (Å²) in [4.78, 5) is 7.91. The summed E-state index contributed by atoms with van der Waals surface area (Å²) in [5.41, 5.74) is 13.4. The molecule has 3 rings (SSSR count). The van der Waals surface area contributed by atoms with E-state index in [1.165, 1.54) is 0 Å². The predicted octanol–water partition coefficient (Wildman–Crippen LogP) is 4.07. The van der Waals surface area contributed by atoms with E-state index in [4.69, 9.17) is 39.4 Å². The van der Waals surface area contributed by atoms with Gasteiger partial charge in [-0.3, -0.25) is 0 Å². The fraction of sp³-hybridized carbons (Fsp3) is 0.0556. The fourth-order valence-electron chi connectivity index (χ4n) is 2.32. The van der Waals surface area contributed by atoms with Crippen LogP contribution >= 0.6 is 23.2 Å². The van der Waals surface area contributed by atoms with Crippen LogP contribution < -0.4 is 16.2 Å². The number of ether oxygens (including phenoxy) is 1. The van der Waals surface area contributed by atoms with Crippen LogP contribution in [-0.4, -0.2) is 9.97 Å². The largest absolute Gasteiger partial charge is 0.489 e. The molecule has 0 saturated carbocycles. The van der Waals surface area contributed by atoms with Gasteiger partial charge in [-0.25, -0.2) is 4.98 Å². The first-order valence-corrected chi connectivity index (χ1v) is 8.24. The molecular formula is C18H13Cl2N5O. The van der Waals surface area contributed by atoms with Crippen LogP contribution in [0.2, 0.25) is 10.0 Å². The topological polar surface area (TPSA) is 111 Å². The van der Waals surface area contributed by atoms with Crippen molar-refractivity contribution in [2.75, 3.05) is 11.5 Å². The predicted molar refractivity (Wildman–Crippen MR) is 102 cm³/mol. The molecule has 0 fully saturated rings. The van der Waals surface area contributed by atoms with Gasteiger partial charge < -0.3 is 16.2 Å². The molecule has 0 amide bonds. The van der Waals surface area contributed by atoms with Crippen LogP contribution in [0, 0.1) is 11.3 Å². The molecule has 0 bridgehead atoms. The minimum atomic E-state index is 0.00852. The van der Waals surface area contributed by atoms with E-state index in [2.05, 4.69) is 9.97 Å². The smallest absolute Gasteiger partial charge is 0.222 e. The highest BCUT2D eigenvalue weighted by Gasteiger charge is 2.13. The Morgan fingerprint density at radius 1 is 1.04 bits per heavy atom. The van der Waals surface area contributed by atoms with Crippen molar-refractivity contribution in [3.63, 3.8) is 0 Å². The van der Waals surface area contributed by atoms with Gasteiger partial charge in [0, 0.05) is 21.2 Å². The van der Waals surface area contributed by atoms with Gasteiger partial charge in [0.1, 0.15) is 29.8 Å². The Labute approximate surface area is 160 Å². The van der Waals surface area contributed by atoms with E-state index in [1.807, 2.05) is 12.1 Å². The monoisotopic (exact) mass is 385 g/mol. The standard InChI is InChI=1S/C18H13Cl2N5O/c19-12-4-1-11(15(20)7-12)9-26-13-5-2-10(3-6-13)16-14(8-21)17(22)25-18(23)24-16/h1-7H,9H2,(H4,22,23,24,25). The minimum absolute atomic E-state index is 0.00852. The van der Waals surface area contributed by atoms with Crippen LogP contribution in [0.5, 0.6) is 5.75 Å². The SMILES string of the molecule is N#Cc1c(N)nc(N)nc1-c1ccc(OCc2ccc(Cl)cc2Cl)cc1. The second-order valence-corrected chi connectivity index (χ2v) is 6.19. The lowest BCUT2D eigenvalue weighted by Gasteiger charge is -2.10. The highest BCUT2D eigenvalue weighted by molar-refractivity contribution is 6.35. The number of nitrogens with zero attached hydrogens (tertiary/aromatic N) is 3. The molecule has 0 spiro atoms. The van der Waals surface area contributed by atoms with E-state index in [1.54, 1.807) is 36.4 Å². The second-order valence-electron chi connectivity index (χ2n) is 5.35. The summed E-state index contributed by atoms with van der Waals surface area (Å²) < 4.78 is 5.73. The third-order valence-electron chi connectivity index (χ3n) is 3.60. The molecule has 0 radical (unpaired) electrons. The molecule has 1 aromatic heterocycles. The number of anilines is 2. The van der Waals surface area contributed by atoms with Crippen molar-refractivity contribution in [3.05, 3.63) is 63.6 Å². The van der Waals surface area contributed by atoms with Crippen LogP contribution in [0.1, 0.15) is 11.1 Å². The molecule has 26 heavy (non-hydrogen) atoms. The van der Waals surface area contributed by atoms with E-state index in [0.717, 1.165) is 5.56 Å². The molecule has 0 aliphatic carbocycles. The molecular weight excluding hydrogens is 373 g/mol. The molecule has 0 unspecified atom stereocenters. The molecule has 2 aromatic carbocycles. The third kappa shape index (κ3) is 3.80. The normalized spacial score (nSPS) is 10.3. The van der Waals surface area contributed by atoms with Crippen molar-refractivity contribution < 1.29 is 4.74 Å². The molecule has 0 aliphatic rings. The summed E-state index contributed by atoms with van der Waals surface area (Å²) in [6.07, 6.45) is 0. The van der Waals surface area contributed by atoms with Gasteiger partial charge in [-0.1, -0.05) is 29.3 Å². The van der Waals surface area contributed by atoms with Crippen molar-refractivity contribution in [1.82, 2.24) is 9.97 Å². The van der Waals surface area contributed by atoms with Crippen LogP contribution in [0.3, 0.4) is 0 Å². The summed E-state index contributed by atoms with van der Waals surface area (Å²) in [7, 11) is 0. The number of rotatable bonds is 4. The number of halogens is 2. The van der Waals surface area contributed by atoms with E-state index in [0.29, 0.717) is 33.7 Å². The Balaban J connectivity index is 1.80. The molecule has 0 saturated heterocycles. The summed E-state index contributed by atoms with van der Waals surface area (Å²) in [5, 5.41) is 10.4. The van der Waals surface area contributed by atoms with Crippen molar-refractivity contribution in [2.45, 2.75) is 6.61 Å². The zero-order chi connectivity index (χ0) is 18.7. The summed E-state index contributed by atoms with van der Waals surface area (Å²) in [5.74, 6) is 0.690. The number of nitriles is 1. The number of hydrogen-bond acceptors (Lipinski definition) is 6. The first kappa shape index (κ1) is 17.8. The van der Waals surface area contributed by atoms with Crippen molar-refractivity contribution >= 4 is 35.0 Å². The van der Waals surface area contributed by atoms with E-state index in [-0.39, 0.29) is 17.3 Å². The molecule has 6 nitrogen and oxygen atoms in total. The first-order chi connectivity index (χ1) is 12.5. The highest BCUT2D eigenvalue weighted by Crippen LogP contribution is 2.28. The van der Waals surface area contributed by atoms with Gasteiger partial charge in [-0.15, -0.1) is 0 Å². The van der Waals surface area contributed by atoms with Crippen molar-refractivity contribution in [1.29, 1.82) is 5.26 Å². The van der Waals surface area contributed by atoms with Crippen LogP contribution in [0.15, 0.2) is 42.5 Å². The summed E-state index contributed by atoms with van der Waals surface area (Å²) >= 11 is 12.0. The zero-order valence-corrected chi connectivity index (χ0v) is 14.9. The van der Waals surface area contributed by atoms with E-state index >= 15 is 0 Å². The average Bonchev–Trinajstić information content (AvgIpc) is 2.61. The zero-order valence-electron chi connectivity index (χ0n) is 13.4. The number of aromatic nitrogens is 2. The molecule has 1 heterocycles. The van der Waals surface area contributed by atoms with E-state index in [9.17, 15) is 5.26 Å². The molecule has 0 atom stereocenters. The third-order valence-corrected chi connectivity index (χ3v) is 4.19. The Morgan fingerprint density at radius 3 is 2.42 bits per heavy atom. The first-order valence-electron chi connectivity index (χ1n) is 7.48. The van der Waals surface area contributed by atoms with Gasteiger partial charge >= 0.3 is 0 Å². The number of nitrogen functional groups attached to an aromatic ring is 2. The Kier molecular flexibility index (Phi) is 5.12. The van der Waals surface area contributed by atoms with Crippen LogP contribution in [0.4, 0.5) is 11.8 Å². The summed E-state index contributed by atoms with van der Waals surface area (Å²) in [6.45, 7) is 0.298. The maximum atomic E-state index is 9.26. The Hall–Kier alpha value is -3.01. The average molecular weight is 386 g/mol. The van der Waals surface area contributed by atoms with Crippen LogP contribution in [0.25, 0.3) is 11.3 Å². The lowest BCUT2D eigenvalue weighted by Crippen LogP contribution is -2.05. The lowest BCUT2D eigenvalue weighted by molar-refractivity contribution is 0.306. The maximum absolute atomic E-state index is 9.26. The Morgan fingerprint density at radius 2 is 1.77 bits per heavy atom. The summed E-state index contributed by atoms with van der Waals surface area (Å²) in [6, 6.07) is 14.3. The maximum Gasteiger partial charge on any atom is 0.222 e. The van der Waals surface area contributed by atoms with Gasteiger partial charge in [0.25, 0.3) is 0 Å². The molecule has 130 valence electrons. The van der Waals surface area contributed by atoms with Crippen molar-refractivity contribution in [2.24, 2.45) is 0 Å². The van der Waals surface area contributed by atoms with Gasteiger partial charge in [0.15, 0.2) is 0 Å².